The van der Waals surface area contributed by atoms with E-state index < -0.39 is 0 Å². The van der Waals surface area contributed by atoms with Gasteiger partial charge in [0.1, 0.15) is 0 Å². The first-order valence-corrected chi connectivity index (χ1v) is 8.43. The number of ketones is 1. The molecule has 0 spiro atoms. The Hall–Kier alpha value is -2.06. The van der Waals surface area contributed by atoms with Gasteiger partial charge in [0.25, 0.3) is 0 Å². The summed E-state index contributed by atoms with van der Waals surface area (Å²) in [4.78, 5) is 15.4. The number of halogens is 1. The van der Waals surface area contributed by atoms with Gasteiger partial charge in [0.05, 0.1) is 6.04 Å². The minimum Gasteiger partial charge on any atom is -0.354 e. The first-order chi connectivity index (χ1) is 11.2. The van der Waals surface area contributed by atoms with Gasteiger partial charge in [-0.3, -0.25) is 4.79 Å². The molecule has 5 rings (SSSR count). The molecule has 116 valence electrons. The number of Topliss-reactive ketones (excluding diaryl/α,β-unsaturated/α-hetero) is 1. The molecule has 2 nitrogen and oxygen atoms in total. The van der Waals surface area contributed by atoms with E-state index in [1.54, 1.807) is 0 Å². The van der Waals surface area contributed by atoms with Crippen LogP contribution in [0.25, 0.3) is 0 Å². The van der Waals surface area contributed by atoms with Gasteiger partial charge < -0.3 is 4.90 Å². The number of carbonyl (C=O) groups excluding carboxylic acids is 1. The Balaban J connectivity index is 1.74. The third-order valence-corrected chi connectivity index (χ3v) is 5.14. The summed E-state index contributed by atoms with van der Waals surface area (Å²) in [6, 6.07) is 17.6. The zero-order valence-corrected chi connectivity index (χ0v) is 13.5. The van der Waals surface area contributed by atoms with Gasteiger partial charge in [-0.15, -0.1) is 0 Å². The van der Waals surface area contributed by atoms with Crippen LogP contribution >= 0.6 is 11.6 Å². The van der Waals surface area contributed by atoms with Gasteiger partial charge in [-0.1, -0.05) is 54.1 Å². The van der Waals surface area contributed by atoms with Gasteiger partial charge in [0.15, 0.2) is 5.78 Å². The molecule has 3 atom stereocenters. The molecule has 2 aromatic carbocycles. The lowest BCUT2D eigenvalue weighted by Crippen LogP contribution is -2.56. The van der Waals surface area contributed by atoms with Gasteiger partial charge >= 0.3 is 0 Å². The maximum absolute atomic E-state index is 13.1. The van der Waals surface area contributed by atoms with Gasteiger partial charge in [-0.25, -0.2) is 0 Å². The van der Waals surface area contributed by atoms with Crippen molar-refractivity contribution in [3.05, 3.63) is 77.3 Å². The lowest BCUT2D eigenvalue weighted by Gasteiger charge is -2.48. The number of rotatable bonds is 3. The Morgan fingerprint density at radius 1 is 0.957 bits per heavy atom. The predicted molar refractivity (Wildman–Crippen MR) is 94.1 cm³/mol. The first-order valence-electron chi connectivity index (χ1n) is 8.05. The van der Waals surface area contributed by atoms with Crippen molar-refractivity contribution in [2.24, 2.45) is 5.92 Å². The molecule has 0 saturated carbocycles. The fraction of sp³-hybridized carbons (Fsp3) is 0.250. The lowest BCUT2D eigenvalue weighted by molar-refractivity contribution is 0.0912. The molecule has 1 aliphatic carbocycles. The van der Waals surface area contributed by atoms with Crippen LogP contribution in [-0.4, -0.2) is 17.9 Å². The van der Waals surface area contributed by atoms with Crippen LogP contribution in [0.3, 0.4) is 0 Å². The van der Waals surface area contributed by atoms with E-state index in [4.69, 9.17) is 11.6 Å². The van der Waals surface area contributed by atoms with E-state index in [0.29, 0.717) is 6.04 Å². The van der Waals surface area contributed by atoms with E-state index in [1.807, 2.05) is 54.6 Å². The molecule has 0 N–H and O–H groups in total. The van der Waals surface area contributed by atoms with E-state index in [-0.39, 0.29) is 17.7 Å². The van der Waals surface area contributed by atoms with Crippen LogP contribution < -0.4 is 4.90 Å². The molecule has 2 aliphatic heterocycles. The summed E-state index contributed by atoms with van der Waals surface area (Å²) in [6.45, 7) is 0. The molecule has 3 aliphatic rings. The van der Waals surface area contributed by atoms with Gasteiger partial charge in [-0.2, -0.15) is 0 Å². The van der Waals surface area contributed by atoms with E-state index in [2.05, 4.69) is 17.1 Å². The van der Waals surface area contributed by atoms with Crippen LogP contribution in [0.15, 0.2) is 66.7 Å². The summed E-state index contributed by atoms with van der Waals surface area (Å²) in [7, 11) is 0. The van der Waals surface area contributed by atoms with Gasteiger partial charge in [0, 0.05) is 28.2 Å². The zero-order chi connectivity index (χ0) is 15.8. The van der Waals surface area contributed by atoms with Crippen molar-refractivity contribution in [1.29, 1.82) is 0 Å². The van der Waals surface area contributed by atoms with Crippen LogP contribution in [0.2, 0.25) is 5.02 Å². The zero-order valence-electron chi connectivity index (χ0n) is 12.7. The lowest BCUT2D eigenvalue weighted by atomic mass is 9.76. The van der Waals surface area contributed by atoms with Crippen LogP contribution in [0.1, 0.15) is 23.2 Å². The number of hydrogen-bond donors (Lipinski definition) is 0. The molecule has 2 aromatic rings. The highest BCUT2D eigenvalue weighted by atomic mass is 35.5. The quantitative estimate of drug-likeness (QED) is 0.600. The molecule has 0 unspecified atom stereocenters. The second-order valence-electron chi connectivity index (χ2n) is 6.25. The second kappa shape index (κ2) is 5.86. The number of benzene rings is 2. The fourth-order valence-electron chi connectivity index (χ4n) is 3.79. The summed E-state index contributed by atoms with van der Waals surface area (Å²) < 4.78 is 0. The van der Waals surface area contributed by atoms with Crippen LogP contribution in [0, 0.1) is 5.92 Å². The number of carbonyl (C=O) groups is 1. The van der Waals surface area contributed by atoms with Crippen LogP contribution in [0.5, 0.6) is 0 Å². The number of hydrogen-bond acceptors (Lipinski definition) is 2. The maximum Gasteiger partial charge on any atom is 0.185 e. The Morgan fingerprint density at radius 3 is 2.35 bits per heavy atom. The van der Waals surface area contributed by atoms with Crippen molar-refractivity contribution in [2.75, 3.05) is 4.90 Å². The van der Waals surface area contributed by atoms with Gasteiger partial charge in [0.2, 0.25) is 0 Å². The number of anilines is 1. The van der Waals surface area contributed by atoms with E-state index in [9.17, 15) is 4.79 Å². The molecule has 1 fully saturated rings. The topological polar surface area (TPSA) is 20.3 Å². The summed E-state index contributed by atoms with van der Waals surface area (Å²) in [5.74, 6) is 0.489. The maximum atomic E-state index is 13.1. The average molecular weight is 324 g/mol. The van der Waals surface area contributed by atoms with Crippen molar-refractivity contribution in [3.8, 4) is 0 Å². The van der Waals surface area contributed by atoms with Crippen molar-refractivity contribution >= 4 is 23.1 Å². The normalized spacial score (nSPS) is 25.6. The highest BCUT2D eigenvalue weighted by Gasteiger charge is 2.42. The molecule has 1 saturated heterocycles. The van der Waals surface area contributed by atoms with Crippen molar-refractivity contribution < 1.29 is 4.79 Å². The SMILES string of the molecule is O=C(c1ccccc1)[C@@H]1[C@H]2C=C[C@H](CC2)N1c1ccc(Cl)cc1. The molecule has 23 heavy (non-hydrogen) atoms. The number of nitrogens with zero attached hydrogens (tertiary/aromatic N) is 1. The highest BCUT2D eigenvalue weighted by molar-refractivity contribution is 6.30. The van der Waals surface area contributed by atoms with Crippen LogP contribution in [-0.2, 0) is 0 Å². The second-order valence-corrected chi connectivity index (χ2v) is 6.69. The monoisotopic (exact) mass is 323 g/mol. The molecule has 2 heterocycles. The molecular weight excluding hydrogens is 306 g/mol. The number of piperidine rings is 1. The fourth-order valence-corrected chi connectivity index (χ4v) is 3.92. The minimum atomic E-state index is -0.123. The van der Waals surface area contributed by atoms with Crippen molar-refractivity contribution in [2.45, 2.75) is 24.9 Å². The largest absolute Gasteiger partial charge is 0.354 e. The standard InChI is InChI=1S/C20H18ClNO/c21-16-8-12-18(13-9-16)22-17-10-6-14(7-11-17)19(22)20(23)15-4-2-1-3-5-15/h1-6,8-10,12-14,17,19H,7,11H2/t14-,17+,19-/m0/s1. The Kier molecular flexibility index (Phi) is 3.70. The van der Waals surface area contributed by atoms with Crippen molar-refractivity contribution in [3.63, 3.8) is 0 Å². The third-order valence-electron chi connectivity index (χ3n) is 4.89. The Morgan fingerprint density at radius 2 is 1.70 bits per heavy atom. The molecule has 0 aromatic heterocycles. The van der Waals surface area contributed by atoms with E-state index in [1.165, 1.54) is 0 Å². The molecule has 0 radical (unpaired) electrons. The third kappa shape index (κ3) is 2.57. The number of fused-ring (bicyclic) bond motifs is 2. The summed E-state index contributed by atoms with van der Waals surface area (Å²) in [5.41, 5.74) is 1.86. The smallest absolute Gasteiger partial charge is 0.185 e. The van der Waals surface area contributed by atoms with E-state index in [0.717, 1.165) is 29.1 Å². The molecular formula is C20H18ClNO. The highest BCUT2D eigenvalue weighted by Crippen LogP contribution is 2.39. The Bertz CT molecular complexity index is 738. The predicted octanol–water partition coefficient (Wildman–Crippen LogP) is 4.75. The van der Waals surface area contributed by atoms with Crippen LogP contribution in [0.4, 0.5) is 5.69 Å². The Labute approximate surface area is 141 Å². The first kappa shape index (κ1) is 14.5. The molecule has 0 amide bonds. The minimum absolute atomic E-state index is 0.123. The van der Waals surface area contributed by atoms with E-state index >= 15 is 0 Å². The molecule has 3 heteroatoms. The summed E-state index contributed by atoms with van der Waals surface area (Å²) >= 11 is 6.03. The summed E-state index contributed by atoms with van der Waals surface area (Å²) in [6.07, 6.45) is 6.65. The summed E-state index contributed by atoms with van der Waals surface area (Å²) in [5, 5.41) is 0.720. The van der Waals surface area contributed by atoms with Crippen molar-refractivity contribution in [1.82, 2.24) is 0 Å². The molecule has 2 bridgehead atoms. The van der Waals surface area contributed by atoms with Gasteiger partial charge in [-0.05, 0) is 37.1 Å². The average Bonchev–Trinajstić information content (AvgIpc) is 2.63.